The Morgan fingerprint density at radius 1 is 1.14 bits per heavy atom. The number of benzene rings is 1. The summed E-state index contributed by atoms with van der Waals surface area (Å²) in [6.07, 6.45) is 11.5. The van der Waals surface area contributed by atoms with Crippen LogP contribution in [0.3, 0.4) is 0 Å². The molecule has 0 amide bonds. The van der Waals surface area contributed by atoms with Crippen molar-refractivity contribution in [3.05, 3.63) is 42.0 Å². The van der Waals surface area contributed by atoms with Crippen molar-refractivity contribution in [3.8, 4) is 0 Å². The number of rotatable bonds is 9. The molecular formula is C18H26O3S. The molecule has 1 fully saturated rings. The first-order chi connectivity index (χ1) is 10.5. The molecule has 1 aromatic carbocycles. The fourth-order valence-corrected chi connectivity index (χ4v) is 3.58. The first-order valence-electron chi connectivity index (χ1n) is 8.17. The van der Waals surface area contributed by atoms with E-state index in [0.29, 0.717) is 0 Å². The fraction of sp³-hybridized carbons (Fsp3) is 0.556. The summed E-state index contributed by atoms with van der Waals surface area (Å²) in [6, 6.07) is 6.79. The molecule has 0 saturated heterocycles. The van der Waals surface area contributed by atoms with Crippen LogP contribution in [0.2, 0.25) is 0 Å². The van der Waals surface area contributed by atoms with Crippen LogP contribution in [-0.4, -0.2) is 14.0 Å². The Morgan fingerprint density at radius 3 is 2.41 bits per heavy atom. The highest BCUT2D eigenvalue weighted by Gasteiger charge is 2.45. The van der Waals surface area contributed by atoms with Crippen LogP contribution in [0.5, 0.6) is 0 Å². The average Bonchev–Trinajstić information content (AvgIpc) is 3.22. The Balaban J connectivity index is 1.91. The van der Waals surface area contributed by atoms with E-state index in [1.54, 1.807) is 24.3 Å². The van der Waals surface area contributed by atoms with Crippen molar-refractivity contribution >= 4 is 10.1 Å². The van der Waals surface area contributed by atoms with Gasteiger partial charge < -0.3 is 0 Å². The Hall–Kier alpha value is -1.13. The first kappa shape index (κ1) is 17.2. The van der Waals surface area contributed by atoms with Gasteiger partial charge in [-0.25, -0.2) is 0 Å². The lowest BCUT2D eigenvalue weighted by atomic mass is 10.1. The van der Waals surface area contributed by atoms with Gasteiger partial charge in [-0.1, -0.05) is 56.0 Å². The first-order valence-corrected chi connectivity index (χ1v) is 9.58. The van der Waals surface area contributed by atoms with E-state index in [0.717, 1.165) is 31.2 Å². The summed E-state index contributed by atoms with van der Waals surface area (Å²) >= 11 is 0. The minimum Gasteiger partial charge on any atom is -0.255 e. The summed E-state index contributed by atoms with van der Waals surface area (Å²) < 4.78 is 30.1. The van der Waals surface area contributed by atoms with E-state index in [1.165, 1.54) is 19.3 Å². The largest absolute Gasteiger partial charge is 0.297 e. The zero-order valence-corrected chi connectivity index (χ0v) is 14.4. The summed E-state index contributed by atoms with van der Waals surface area (Å²) in [5.74, 6) is 0. The van der Waals surface area contributed by atoms with Crippen molar-refractivity contribution in [1.29, 1.82) is 0 Å². The maximum absolute atomic E-state index is 12.3. The Bertz CT molecular complexity index is 596. The molecule has 4 heteroatoms. The highest BCUT2D eigenvalue weighted by Crippen LogP contribution is 2.43. The second-order valence-corrected chi connectivity index (χ2v) is 7.71. The Kier molecular flexibility index (Phi) is 5.81. The van der Waals surface area contributed by atoms with Gasteiger partial charge in [0.15, 0.2) is 0 Å². The Labute approximate surface area is 134 Å². The number of unbranched alkanes of at least 4 members (excludes halogenated alkanes) is 4. The molecule has 22 heavy (non-hydrogen) atoms. The van der Waals surface area contributed by atoms with Gasteiger partial charge >= 0.3 is 0 Å². The molecule has 0 heterocycles. The molecule has 0 atom stereocenters. The Morgan fingerprint density at radius 2 is 1.82 bits per heavy atom. The summed E-state index contributed by atoms with van der Waals surface area (Å²) in [5.41, 5.74) is 0.446. The van der Waals surface area contributed by atoms with Crippen LogP contribution in [0, 0.1) is 6.92 Å². The van der Waals surface area contributed by atoms with Gasteiger partial charge in [0.05, 0.1) is 4.90 Å². The molecule has 0 aliphatic heterocycles. The lowest BCUT2D eigenvalue weighted by Crippen LogP contribution is -2.17. The molecule has 1 aliphatic rings. The van der Waals surface area contributed by atoms with Crippen LogP contribution in [0.4, 0.5) is 0 Å². The van der Waals surface area contributed by atoms with E-state index < -0.39 is 15.7 Å². The monoisotopic (exact) mass is 322 g/mol. The molecule has 0 spiro atoms. The SMILES string of the molecule is CCCCCC/C=C/C1(OS(=O)(=O)c2ccc(C)cc2)CC1. The smallest absolute Gasteiger partial charge is 0.255 e. The van der Waals surface area contributed by atoms with E-state index in [-0.39, 0.29) is 4.90 Å². The van der Waals surface area contributed by atoms with Crippen molar-refractivity contribution in [2.45, 2.75) is 69.3 Å². The van der Waals surface area contributed by atoms with E-state index in [9.17, 15) is 8.42 Å². The third kappa shape index (κ3) is 4.96. The van der Waals surface area contributed by atoms with Crippen molar-refractivity contribution in [1.82, 2.24) is 0 Å². The summed E-state index contributed by atoms with van der Waals surface area (Å²) in [4.78, 5) is 0.237. The van der Waals surface area contributed by atoms with Crippen molar-refractivity contribution in [3.63, 3.8) is 0 Å². The zero-order valence-electron chi connectivity index (χ0n) is 13.5. The van der Waals surface area contributed by atoms with Gasteiger partial charge in [0, 0.05) is 0 Å². The minimum absolute atomic E-state index is 0.237. The second-order valence-electron chi connectivity index (χ2n) is 6.17. The molecule has 1 aliphatic carbocycles. The van der Waals surface area contributed by atoms with Crippen LogP contribution < -0.4 is 0 Å². The standard InChI is InChI=1S/C18H26O3S/c1-3-4-5-6-7-8-13-18(14-15-18)21-22(19,20)17-11-9-16(2)10-12-17/h8-13H,3-7,14-15H2,1-2H3/b13-8+. The number of hydrogen-bond acceptors (Lipinski definition) is 3. The predicted molar refractivity (Wildman–Crippen MR) is 89.3 cm³/mol. The van der Waals surface area contributed by atoms with Gasteiger partial charge in [0.25, 0.3) is 10.1 Å². The number of hydrogen-bond donors (Lipinski definition) is 0. The average molecular weight is 322 g/mol. The van der Waals surface area contributed by atoms with E-state index in [2.05, 4.69) is 13.0 Å². The molecular weight excluding hydrogens is 296 g/mol. The van der Waals surface area contributed by atoms with Crippen LogP contribution in [-0.2, 0) is 14.3 Å². The number of allylic oxidation sites excluding steroid dienone is 1. The van der Waals surface area contributed by atoms with Gasteiger partial charge in [-0.05, 0) is 44.7 Å². The van der Waals surface area contributed by atoms with Gasteiger partial charge in [-0.3, -0.25) is 4.18 Å². The molecule has 0 aromatic heterocycles. The van der Waals surface area contributed by atoms with Crippen LogP contribution in [0.25, 0.3) is 0 Å². The predicted octanol–water partition coefficient (Wildman–Crippen LogP) is 4.76. The lowest BCUT2D eigenvalue weighted by Gasteiger charge is -2.12. The van der Waals surface area contributed by atoms with Gasteiger partial charge in [-0.2, -0.15) is 8.42 Å². The third-order valence-electron chi connectivity index (χ3n) is 3.97. The molecule has 1 aromatic rings. The van der Waals surface area contributed by atoms with Crippen molar-refractivity contribution in [2.75, 3.05) is 0 Å². The van der Waals surface area contributed by atoms with Crippen LogP contribution in [0.1, 0.15) is 57.4 Å². The van der Waals surface area contributed by atoms with E-state index in [4.69, 9.17) is 4.18 Å². The highest BCUT2D eigenvalue weighted by molar-refractivity contribution is 7.86. The topological polar surface area (TPSA) is 43.4 Å². The minimum atomic E-state index is -3.67. The van der Waals surface area contributed by atoms with Crippen LogP contribution >= 0.6 is 0 Å². The summed E-state index contributed by atoms with van der Waals surface area (Å²) in [7, 11) is -3.67. The molecule has 2 rings (SSSR count). The maximum atomic E-state index is 12.3. The van der Waals surface area contributed by atoms with Crippen molar-refractivity contribution in [2.24, 2.45) is 0 Å². The molecule has 0 N–H and O–H groups in total. The quantitative estimate of drug-likeness (QED) is 0.374. The fourth-order valence-electron chi connectivity index (χ4n) is 2.36. The molecule has 3 nitrogen and oxygen atoms in total. The zero-order chi connectivity index (χ0) is 16.1. The molecule has 1 saturated carbocycles. The van der Waals surface area contributed by atoms with Crippen LogP contribution in [0.15, 0.2) is 41.3 Å². The number of aryl methyl sites for hydroxylation is 1. The molecule has 0 bridgehead atoms. The molecule has 0 unspecified atom stereocenters. The summed E-state index contributed by atoms with van der Waals surface area (Å²) in [6.45, 7) is 4.12. The van der Waals surface area contributed by atoms with E-state index in [1.807, 2.05) is 13.0 Å². The molecule has 0 radical (unpaired) electrons. The highest BCUT2D eigenvalue weighted by atomic mass is 32.2. The van der Waals surface area contributed by atoms with E-state index >= 15 is 0 Å². The lowest BCUT2D eigenvalue weighted by molar-refractivity contribution is 0.237. The van der Waals surface area contributed by atoms with Gasteiger partial charge in [0.2, 0.25) is 0 Å². The second kappa shape index (κ2) is 7.42. The normalized spacial score (nSPS) is 17.0. The van der Waals surface area contributed by atoms with Crippen molar-refractivity contribution < 1.29 is 12.6 Å². The summed E-state index contributed by atoms with van der Waals surface area (Å²) in [5, 5.41) is 0. The van der Waals surface area contributed by atoms with Gasteiger partial charge in [0.1, 0.15) is 5.60 Å². The van der Waals surface area contributed by atoms with Gasteiger partial charge in [-0.15, -0.1) is 0 Å². The maximum Gasteiger partial charge on any atom is 0.297 e. The third-order valence-corrected chi connectivity index (χ3v) is 5.37. The molecule has 122 valence electrons.